The molecule has 4 aliphatic rings. The maximum Gasteiger partial charge on any atom is 0.303 e. The number of alkyl halides is 2. The summed E-state index contributed by atoms with van der Waals surface area (Å²) in [4.78, 5) is 36.7. The van der Waals surface area contributed by atoms with Gasteiger partial charge in [0, 0.05) is 33.4 Å². The van der Waals surface area contributed by atoms with Crippen molar-refractivity contribution in [1.29, 1.82) is 0 Å². The van der Waals surface area contributed by atoms with Crippen LogP contribution < -0.4 is 0 Å². The van der Waals surface area contributed by atoms with Crippen molar-refractivity contribution < 1.29 is 70.5 Å². The van der Waals surface area contributed by atoms with E-state index in [9.17, 15) is 14.4 Å². The third kappa shape index (κ3) is 6.99. The summed E-state index contributed by atoms with van der Waals surface area (Å²) >= 11 is 0. The van der Waals surface area contributed by atoms with E-state index in [-0.39, 0.29) is 13.2 Å². The van der Waals surface area contributed by atoms with Crippen LogP contribution in [-0.4, -0.2) is 105 Å². The first-order valence-corrected chi connectivity index (χ1v) is 14.6. The van der Waals surface area contributed by atoms with Gasteiger partial charge in [0.15, 0.2) is 42.8 Å². The number of methoxy groups -OCH3 is 1. The molecule has 4 aliphatic heterocycles. The number of carbonyl (C=O) groups is 3. The fourth-order valence-electron chi connectivity index (χ4n) is 6.32. The van der Waals surface area contributed by atoms with E-state index in [1.54, 1.807) is 44.2 Å². The lowest BCUT2D eigenvalue weighted by atomic mass is 9.79. The van der Waals surface area contributed by atoms with Gasteiger partial charge >= 0.3 is 17.9 Å². The van der Waals surface area contributed by atoms with E-state index in [1.807, 2.05) is 0 Å². The Bertz CT molecular complexity index is 1230. The van der Waals surface area contributed by atoms with Gasteiger partial charge in [0.05, 0.1) is 19.1 Å². The monoisotopic (exact) mass is 644 g/mol. The van der Waals surface area contributed by atoms with Gasteiger partial charge in [0.2, 0.25) is 0 Å². The Kier molecular flexibility index (Phi) is 9.80. The van der Waals surface area contributed by atoms with Crippen LogP contribution in [0.5, 0.6) is 0 Å². The molecular weight excluding hydrogens is 606 g/mol. The summed E-state index contributed by atoms with van der Waals surface area (Å²) in [5.74, 6) is -9.71. The maximum atomic E-state index is 17.4. The fourth-order valence-corrected chi connectivity index (χ4v) is 6.32. The van der Waals surface area contributed by atoms with E-state index in [4.69, 9.17) is 47.4 Å². The van der Waals surface area contributed by atoms with Crippen LogP contribution in [0.4, 0.5) is 8.78 Å². The smallest absolute Gasteiger partial charge is 0.303 e. The lowest BCUT2D eigenvalue weighted by Gasteiger charge is -2.51. The molecule has 45 heavy (non-hydrogen) atoms. The van der Waals surface area contributed by atoms with E-state index in [1.165, 1.54) is 7.11 Å². The molecule has 11 atom stereocenters. The molecule has 4 saturated heterocycles. The number of hydrogen-bond acceptors (Lipinski definition) is 13. The quantitative estimate of drug-likeness (QED) is 0.302. The minimum absolute atomic E-state index is 0.0799. The third-order valence-corrected chi connectivity index (χ3v) is 8.02. The Balaban J connectivity index is 1.57. The molecule has 0 aromatic heterocycles. The molecular formula is C30H38F2O13. The van der Waals surface area contributed by atoms with E-state index < -0.39 is 96.9 Å². The van der Waals surface area contributed by atoms with E-state index in [2.05, 4.69) is 0 Å². The number of halogens is 2. The summed E-state index contributed by atoms with van der Waals surface area (Å²) in [6.45, 7) is 6.19. The average molecular weight is 645 g/mol. The fraction of sp³-hybridized carbons (Fsp3) is 0.700. The van der Waals surface area contributed by atoms with Crippen molar-refractivity contribution in [2.45, 2.75) is 108 Å². The standard InChI is InChI=1S/C30H38F2O13/c1-14(33)39-23-20(21-18(42-28(23)36-6)12-37-27(44-21)17-10-8-7-9-11-17)30(31,32)26-25(41-16(3)35)24(40-15(2)34)22(43-26)19-13-38-29(4,5)45-19/h7-11,18-28H,12-13H2,1-6H3/t18-,19-,20+,21-,22+,23-,24+,25-,26+,27?,28-/m1/s1. The van der Waals surface area contributed by atoms with Gasteiger partial charge in [0.25, 0.3) is 5.92 Å². The molecule has 0 spiro atoms. The Morgan fingerprint density at radius 1 is 0.822 bits per heavy atom. The minimum Gasteiger partial charge on any atom is -0.456 e. The number of esters is 3. The zero-order valence-electron chi connectivity index (χ0n) is 25.7. The normalized spacial score (nSPS) is 37.8. The van der Waals surface area contributed by atoms with Crippen LogP contribution in [-0.2, 0) is 61.8 Å². The van der Waals surface area contributed by atoms with Crippen LogP contribution in [0, 0.1) is 5.92 Å². The molecule has 0 amide bonds. The van der Waals surface area contributed by atoms with Crippen molar-refractivity contribution in [3.63, 3.8) is 0 Å². The summed E-state index contributed by atoms with van der Waals surface area (Å²) < 4.78 is 91.8. The van der Waals surface area contributed by atoms with Crippen molar-refractivity contribution >= 4 is 17.9 Å². The first kappa shape index (κ1) is 33.6. The van der Waals surface area contributed by atoms with Gasteiger partial charge < -0.3 is 47.4 Å². The zero-order valence-corrected chi connectivity index (χ0v) is 25.7. The highest BCUT2D eigenvalue weighted by molar-refractivity contribution is 5.68. The van der Waals surface area contributed by atoms with Gasteiger partial charge in [-0.15, -0.1) is 0 Å². The second kappa shape index (κ2) is 13.1. The Hall–Kier alpha value is -2.79. The Labute approximate surface area is 258 Å². The third-order valence-electron chi connectivity index (χ3n) is 8.02. The SMILES string of the molecule is CO[C@@H]1O[C@@H]2COC(c3ccccc3)O[C@H]2[C@H](C(F)(F)[C@H]2O[C@@H]([C@H]3COC(C)(C)O3)[C@H](OC(C)=O)[C@H]2OC(C)=O)[C@H]1OC(C)=O. The number of fused-ring (bicyclic) bond motifs is 1. The van der Waals surface area contributed by atoms with Gasteiger partial charge in [-0.25, -0.2) is 8.78 Å². The second-order valence-electron chi connectivity index (χ2n) is 11.8. The molecule has 250 valence electrons. The number of carbonyl (C=O) groups excluding carboxylic acids is 3. The molecule has 15 heteroatoms. The first-order valence-electron chi connectivity index (χ1n) is 14.6. The molecule has 1 aromatic rings. The molecule has 0 radical (unpaired) electrons. The van der Waals surface area contributed by atoms with Crippen LogP contribution in [0.3, 0.4) is 0 Å². The number of ether oxygens (including phenoxy) is 10. The molecule has 0 bridgehead atoms. The van der Waals surface area contributed by atoms with E-state index in [0.717, 1.165) is 20.8 Å². The van der Waals surface area contributed by atoms with Gasteiger partial charge in [-0.2, -0.15) is 0 Å². The molecule has 0 aliphatic carbocycles. The highest BCUT2D eigenvalue weighted by Gasteiger charge is 2.70. The summed E-state index contributed by atoms with van der Waals surface area (Å²) in [5.41, 5.74) is 0.557. The average Bonchev–Trinajstić information content (AvgIpc) is 3.51. The van der Waals surface area contributed by atoms with Crippen LogP contribution in [0.2, 0.25) is 0 Å². The maximum absolute atomic E-state index is 17.4. The zero-order chi connectivity index (χ0) is 32.7. The summed E-state index contributed by atoms with van der Waals surface area (Å²) in [7, 11) is 1.22. The van der Waals surface area contributed by atoms with Crippen LogP contribution in [0.25, 0.3) is 0 Å². The van der Waals surface area contributed by atoms with Crippen LogP contribution in [0.15, 0.2) is 30.3 Å². The van der Waals surface area contributed by atoms with Crippen LogP contribution >= 0.6 is 0 Å². The molecule has 4 fully saturated rings. The van der Waals surface area contributed by atoms with Gasteiger partial charge in [-0.1, -0.05) is 30.3 Å². The van der Waals surface area contributed by atoms with Gasteiger partial charge in [-0.3, -0.25) is 14.4 Å². The van der Waals surface area contributed by atoms with E-state index in [0.29, 0.717) is 5.56 Å². The summed E-state index contributed by atoms with van der Waals surface area (Å²) in [6, 6.07) is 8.67. The largest absolute Gasteiger partial charge is 0.456 e. The van der Waals surface area contributed by atoms with Crippen molar-refractivity contribution in [2.75, 3.05) is 20.3 Å². The molecule has 4 heterocycles. The highest BCUT2D eigenvalue weighted by atomic mass is 19.3. The minimum atomic E-state index is -4.01. The van der Waals surface area contributed by atoms with E-state index >= 15 is 8.78 Å². The van der Waals surface area contributed by atoms with Crippen molar-refractivity contribution in [3.8, 4) is 0 Å². The molecule has 0 N–H and O–H groups in total. The number of rotatable bonds is 8. The van der Waals surface area contributed by atoms with Crippen molar-refractivity contribution in [1.82, 2.24) is 0 Å². The van der Waals surface area contributed by atoms with Gasteiger partial charge in [-0.05, 0) is 13.8 Å². The molecule has 0 saturated carbocycles. The molecule has 13 nitrogen and oxygen atoms in total. The highest BCUT2D eigenvalue weighted by Crippen LogP contribution is 2.50. The predicted octanol–water partition coefficient (Wildman–Crippen LogP) is 2.44. The molecule has 1 aromatic carbocycles. The number of benzene rings is 1. The lowest BCUT2D eigenvalue weighted by Crippen LogP contribution is -2.67. The Morgan fingerprint density at radius 3 is 2.02 bits per heavy atom. The first-order chi connectivity index (χ1) is 21.2. The second-order valence-corrected chi connectivity index (χ2v) is 11.8. The summed E-state index contributed by atoms with van der Waals surface area (Å²) in [5, 5.41) is 0. The van der Waals surface area contributed by atoms with Gasteiger partial charge in [0.1, 0.15) is 24.4 Å². The Morgan fingerprint density at radius 2 is 1.44 bits per heavy atom. The summed E-state index contributed by atoms with van der Waals surface area (Å²) in [6.07, 6.45) is -14.6. The van der Waals surface area contributed by atoms with Crippen molar-refractivity contribution in [2.24, 2.45) is 5.92 Å². The number of hydrogen-bond donors (Lipinski definition) is 0. The molecule has 5 rings (SSSR count). The predicted molar refractivity (Wildman–Crippen MR) is 144 cm³/mol. The topological polar surface area (TPSA) is 144 Å². The lowest BCUT2D eigenvalue weighted by molar-refractivity contribution is -0.377. The van der Waals surface area contributed by atoms with Crippen molar-refractivity contribution in [3.05, 3.63) is 35.9 Å². The molecule has 1 unspecified atom stereocenters. The van der Waals surface area contributed by atoms with Crippen LogP contribution in [0.1, 0.15) is 46.5 Å².